The average molecular weight is 474 g/mol. The number of nitrogens with zero attached hydrogens (tertiary/aromatic N) is 5. The molecule has 1 fully saturated rings. The molecule has 0 bridgehead atoms. The fourth-order valence-electron chi connectivity index (χ4n) is 4.61. The van der Waals surface area contributed by atoms with Crippen molar-refractivity contribution in [1.29, 1.82) is 0 Å². The van der Waals surface area contributed by atoms with E-state index in [4.69, 9.17) is 4.74 Å². The minimum Gasteiger partial charge on any atom is -0.496 e. The van der Waals surface area contributed by atoms with Crippen LogP contribution in [0.3, 0.4) is 0 Å². The standard InChI is InChI=1S/C22H27N5O3S2/c1-15-17(27-9-12-32-22(27)23-15)14-24-4-3-16-20(21(29)25-7-10-31-11-8-25)18(30-2)13-19(28)26(16)6-5-24/h9,12-13H,3-8,10-11,14H2,1-2H3. The Labute approximate surface area is 194 Å². The lowest BCUT2D eigenvalue weighted by atomic mass is 10.1. The molecule has 0 N–H and O–H groups in total. The number of methoxy groups -OCH3 is 1. The van der Waals surface area contributed by atoms with Gasteiger partial charge in [-0.1, -0.05) is 0 Å². The van der Waals surface area contributed by atoms with Crippen molar-refractivity contribution < 1.29 is 9.53 Å². The van der Waals surface area contributed by atoms with Crippen molar-refractivity contribution in [2.45, 2.75) is 26.4 Å². The summed E-state index contributed by atoms with van der Waals surface area (Å²) >= 11 is 3.50. The summed E-state index contributed by atoms with van der Waals surface area (Å²) in [6, 6.07) is 1.47. The number of imidazole rings is 1. The molecular weight excluding hydrogens is 446 g/mol. The highest BCUT2D eigenvalue weighted by atomic mass is 32.2. The summed E-state index contributed by atoms with van der Waals surface area (Å²) in [6.07, 6.45) is 2.69. The predicted molar refractivity (Wildman–Crippen MR) is 127 cm³/mol. The molecule has 2 aliphatic heterocycles. The fourth-order valence-corrected chi connectivity index (χ4v) is 6.29. The maximum absolute atomic E-state index is 13.5. The molecule has 2 aliphatic rings. The quantitative estimate of drug-likeness (QED) is 0.578. The van der Waals surface area contributed by atoms with Gasteiger partial charge in [-0.3, -0.25) is 18.9 Å². The molecule has 32 heavy (non-hydrogen) atoms. The Morgan fingerprint density at radius 3 is 2.78 bits per heavy atom. The van der Waals surface area contributed by atoms with E-state index in [-0.39, 0.29) is 11.5 Å². The highest BCUT2D eigenvalue weighted by molar-refractivity contribution is 7.99. The van der Waals surface area contributed by atoms with Crippen LogP contribution in [0.5, 0.6) is 5.75 Å². The molecule has 0 atom stereocenters. The first-order valence-electron chi connectivity index (χ1n) is 10.9. The molecule has 170 valence electrons. The zero-order valence-corrected chi connectivity index (χ0v) is 20.0. The van der Waals surface area contributed by atoms with Crippen LogP contribution in [0.4, 0.5) is 0 Å². The van der Waals surface area contributed by atoms with E-state index in [9.17, 15) is 9.59 Å². The topological polar surface area (TPSA) is 72.1 Å². The van der Waals surface area contributed by atoms with Gasteiger partial charge >= 0.3 is 0 Å². The molecule has 8 nitrogen and oxygen atoms in total. The third-order valence-electron chi connectivity index (χ3n) is 6.35. The van der Waals surface area contributed by atoms with Gasteiger partial charge in [-0.25, -0.2) is 4.98 Å². The van der Waals surface area contributed by atoms with E-state index in [1.165, 1.54) is 18.9 Å². The van der Waals surface area contributed by atoms with Crippen LogP contribution in [0.1, 0.15) is 27.4 Å². The van der Waals surface area contributed by atoms with Gasteiger partial charge in [0.25, 0.3) is 11.5 Å². The number of ether oxygens (including phenoxy) is 1. The normalized spacial score (nSPS) is 17.4. The second kappa shape index (κ2) is 8.92. The highest BCUT2D eigenvalue weighted by Crippen LogP contribution is 2.26. The molecule has 3 aromatic rings. The maximum Gasteiger partial charge on any atom is 0.259 e. The van der Waals surface area contributed by atoms with Gasteiger partial charge in [-0.05, 0) is 6.92 Å². The van der Waals surface area contributed by atoms with Gasteiger partial charge in [0.15, 0.2) is 4.96 Å². The van der Waals surface area contributed by atoms with E-state index >= 15 is 0 Å². The van der Waals surface area contributed by atoms with Gasteiger partial charge in [0.2, 0.25) is 0 Å². The Morgan fingerprint density at radius 1 is 1.19 bits per heavy atom. The second-order valence-corrected chi connectivity index (χ2v) is 10.3. The van der Waals surface area contributed by atoms with E-state index in [0.717, 1.165) is 60.6 Å². The van der Waals surface area contributed by atoms with E-state index in [1.807, 2.05) is 29.0 Å². The van der Waals surface area contributed by atoms with E-state index in [1.54, 1.807) is 15.9 Å². The number of aromatic nitrogens is 3. The number of thiazole rings is 1. The van der Waals surface area contributed by atoms with Gasteiger partial charge in [0.1, 0.15) is 11.3 Å². The summed E-state index contributed by atoms with van der Waals surface area (Å²) in [4.78, 5) is 36.3. The first-order chi connectivity index (χ1) is 15.6. The molecule has 5 rings (SSSR count). The molecule has 0 saturated carbocycles. The minimum atomic E-state index is -0.106. The number of carbonyl (C=O) groups excluding carboxylic acids is 1. The number of fused-ring (bicyclic) bond motifs is 2. The Morgan fingerprint density at radius 2 is 2.00 bits per heavy atom. The molecule has 0 aromatic carbocycles. The van der Waals surface area contributed by atoms with Crippen molar-refractivity contribution >= 4 is 34.0 Å². The number of amides is 1. The lowest BCUT2D eigenvalue weighted by Gasteiger charge is -2.28. The smallest absolute Gasteiger partial charge is 0.259 e. The SMILES string of the molecule is COc1cc(=O)n2c(c1C(=O)N1CCSCC1)CCN(Cc1c(C)nc3sccn13)CC2. The van der Waals surface area contributed by atoms with Crippen LogP contribution in [0.25, 0.3) is 4.96 Å². The molecule has 0 radical (unpaired) electrons. The molecule has 5 heterocycles. The van der Waals surface area contributed by atoms with Crippen LogP contribution in [-0.2, 0) is 19.5 Å². The molecule has 10 heteroatoms. The van der Waals surface area contributed by atoms with Gasteiger partial charge in [0.05, 0.1) is 18.5 Å². The summed E-state index contributed by atoms with van der Waals surface area (Å²) in [5.74, 6) is 2.26. The monoisotopic (exact) mass is 473 g/mol. The van der Waals surface area contributed by atoms with Crippen LogP contribution in [0.2, 0.25) is 0 Å². The Bertz CT molecular complexity index is 1210. The summed E-state index contributed by atoms with van der Waals surface area (Å²) in [6.45, 7) is 6.33. The van der Waals surface area contributed by atoms with Crippen molar-refractivity contribution in [1.82, 2.24) is 23.8 Å². The number of rotatable bonds is 4. The maximum atomic E-state index is 13.5. The molecule has 3 aromatic heterocycles. The number of pyridine rings is 1. The van der Waals surface area contributed by atoms with E-state index < -0.39 is 0 Å². The van der Waals surface area contributed by atoms with Crippen LogP contribution < -0.4 is 10.3 Å². The van der Waals surface area contributed by atoms with Gasteiger partial charge in [-0.2, -0.15) is 11.8 Å². The van der Waals surface area contributed by atoms with Crippen LogP contribution in [0.15, 0.2) is 22.4 Å². The van der Waals surface area contributed by atoms with Gasteiger partial charge in [-0.15, -0.1) is 11.3 Å². The van der Waals surface area contributed by atoms with Crippen molar-refractivity contribution in [3.63, 3.8) is 0 Å². The Balaban J connectivity index is 1.45. The molecular formula is C22H27N5O3S2. The third kappa shape index (κ3) is 3.84. The molecule has 0 unspecified atom stereocenters. The van der Waals surface area contributed by atoms with E-state index in [2.05, 4.69) is 20.5 Å². The van der Waals surface area contributed by atoms with E-state index in [0.29, 0.717) is 24.3 Å². The van der Waals surface area contributed by atoms with Crippen molar-refractivity contribution in [2.75, 3.05) is 44.8 Å². The summed E-state index contributed by atoms with van der Waals surface area (Å²) < 4.78 is 9.45. The lowest BCUT2D eigenvalue weighted by Crippen LogP contribution is -2.39. The largest absolute Gasteiger partial charge is 0.496 e. The third-order valence-corrected chi connectivity index (χ3v) is 8.05. The zero-order valence-electron chi connectivity index (χ0n) is 18.4. The zero-order chi connectivity index (χ0) is 22.2. The Hall–Kier alpha value is -2.30. The van der Waals surface area contributed by atoms with Crippen molar-refractivity contribution in [2.24, 2.45) is 0 Å². The van der Waals surface area contributed by atoms with Gasteiger partial charge in [0, 0.05) is 80.5 Å². The number of thioether (sulfide) groups is 1. The number of hydrogen-bond donors (Lipinski definition) is 0. The Kier molecular flexibility index (Phi) is 6.00. The summed E-state index contributed by atoms with van der Waals surface area (Å²) in [5, 5.41) is 2.05. The molecule has 0 aliphatic carbocycles. The minimum absolute atomic E-state index is 0.0223. The highest BCUT2D eigenvalue weighted by Gasteiger charge is 2.29. The first-order valence-corrected chi connectivity index (χ1v) is 12.9. The second-order valence-electron chi connectivity index (χ2n) is 8.15. The van der Waals surface area contributed by atoms with Crippen LogP contribution >= 0.6 is 23.1 Å². The van der Waals surface area contributed by atoms with Crippen LogP contribution in [0, 0.1) is 6.92 Å². The first kappa shape index (κ1) is 21.5. The fraction of sp³-hybridized carbons (Fsp3) is 0.500. The number of aryl methyl sites for hydroxylation is 1. The van der Waals surface area contributed by atoms with Crippen LogP contribution in [-0.4, -0.2) is 74.5 Å². The summed E-state index contributed by atoms with van der Waals surface area (Å²) in [5.41, 5.74) is 3.47. The van der Waals surface area contributed by atoms with Gasteiger partial charge < -0.3 is 14.2 Å². The molecule has 1 saturated heterocycles. The van der Waals surface area contributed by atoms with Crippen molar-refractivity contribution in [3.8, 4) is 5.75 Å². The van der Waals surface area contributed by atoms with Crippen molar-refractivity contribution in [3.05, 3.63) is 50.6 Å². The number of hydrogen-bond acceptors (Lipinski definition) is 7. The summed E-state index contributed by atoms with van der Waals surface area (Å²) in [7, 11) is 1.53. The molecule has 0 spiro atoms. The molecule has 1 amide bonds. The number of carbonyl (C=O) groups is 1. The predicted octanol–water partition coefficient (Wildman–Crippen LogP) is 2.12. The average Bonchev–Trinajstić information content (AvgIpc) is 3.29. The lowest BCUT2D eigenvalue weighted by molar-refractivity contribution is 0.0766.